The second-order valence-electron chi connectivity index (χ2n) is 6.21. The lowest BCUT2D eigenvalue weighted by molar-refractivity contribution is -0.0346. The summed E-state index contributed by atoms with van der Waals surface area (Å²) in [7, 11) is 0. The zero-order chi connectivity index (χ0) is 16.8. The predicted octanol–water partition coefficient (Wildman–Crippen LogP) is 3.22. The fourth-order valence-corrected chi connectivity index (χ4v) is 3.18. The number of benzene rings is 2. The topological polar surface area (TPSA) is 49.8 Å². The molecule has 1 aliphatic heterocycles. The van der Waals surface area contributed by atoms with E-state index in [1.807, 2.05) is 18.2 Å². The Kier molecular flexibility index (Phi) is 5.62. The largest absolute Gasteiger partial charge is 0.478 e. The molecule has 3 rings (SSSR count). The third-order valence-corrected chi connectivity index (χ3v) is 4.46. The molecule has 2 aromatic rings. The van der Waals surface area contributed by atoms with Gasteiger partial charge in [-0.15, -0.1) is 0 Å². The minimum atomic E-state index is -0.862. The average Bonchev–Trinajstić information content (AvgIpc) is 2.61. The van der Waals surface area contributed by atoms with Crippen molar-refractivity contribution in [2.45, 2.75) is 25.5 Å². The van der Waals surface area contributed by atoms with Gasteiger partial charge in [-0.3, -0.25) is 4.90 Å². The molecule has 24 heavy (non-hydrogen) atoms. The summed E-state index contributed by atoms with van der Waals surface area (Å²) in [6, 6.07) is 17.7. The van der Waals surface area contributed by atoms with Crippen LogP contribution in [-0.4, -0.2) is 41.8 Å². The number of hydrogen-bond acceptors (Lipinski definition) is 3. The number of morpholine rings is 1. The molecular formula is C20H23NO3. The maximum Gasteiger partial charge on any atom is 0.336 e. The molecule has 2 aromatic carbocycles. The van der Waals surface area contributed by atoms with Crippen molar-refractivity contribution in [1.82, 2.24) is 4.90 Å². The minimum Gasteiger partial charge on any atom is -0.478 e. The molecule has 0 aliphatic carbocycles. The van der Waals surface area contributed by atoms with Crippen molar-refractivity contribution in [3.8, 4) is 0 Å². The van der Waals surface area contributed by atoms with E-state index >= 15 is 0 Å². The summed E-state index contributed by atoms with van der Waals surface area (Å²) < 4.78 is 5.89. The van der Waals surface area contributed by atoms with Crippen molar-refractivity contribution >= 4 is 5.97 Å². The molecule has 0 spiro atoms. The fourth-order valence-electron chi connectivity index (χ4n) is 3.18. The van der Waals surface area contributed by atoms with Gasteiger partial charge >= 0.3 is 5.97 Å². The second-order valence-corrected chi connectivity index (χ2v) is 6.21. The summed E-state index contributed by atoms with van der Waals surface area (Å²) in [5.41, 5.74) is 2.59. The van der Waals surface area contributed by atoms with Crippen LogP contribution in [0.2, 0.25) is 0 Å². The highest BCUT2D eigenvalue weighted by Gasteiger charge is 2.21. The summed E-state index contributed by atoms with van der Waals surface area (Å²) in [4.78, 5) is 13.6. The second kappa shape index (κ2) is 8.08. The number of carboxylic acids is 1. The van der Waals surface area contributed by atoms with Crippen LogP contribution in [0.1, 0.15) is 27.9 Å². The molecule has 1 unspecified atom stereocenters. The Morgan fingerprint density at radius 3 is 2.67 bits per heavy atom. The van der Waals surface area contributed by atoms with Gasteiger partial charge in [-0.1, -0.05) is 48.5 Å². The Balaban J connectivity index is 1.57. The molecule has 0 amide bonds. The standard InChI is InChI=1S/C20H23NO3/c22-20(23)19-9-5-4-8-17(19)14-21-12-13-24-18(15-21)11-10-16-6-2-1-3-7-16/h1-9,18H,10-15H2,(H,22,23). The van der Waals surface area contributed by atoms with E-state index in [4.69, 9.17) is 4.74 Å². The highest BCUT2D eigenvalue weighted by atomic mass is 16.5. The Morgan fingerprint density at radius 2 is 1.88 bits per heavy atom. The number of nitrogens with zero attached hydrogens (tertiary/aromatic N) is 1. The molecule has 4 heteroatoms. The van der Waals surface area contributed by atoms with Crippen molar-refractivity contribution in [3.05, 3.63) is 71.3 Å². The van der Waals surface area contributed by atoms with Crippen molar-refractivity contribution in [3.63, 3.8) is 0 Å². The zero-order valence-electron chi connectivity index (χ0n) is 13.7. The van der Waals surface area contributed by atoms with E-state index in [2.05, 4.69) is 29.2 Å². The van der Waals surface area contributed by atoms with Crippen LogP contribution in [0.3, 0.4) is 0 Å². The zero-order valence-corrected chi connectivity index (χ0v) is 13.7. The minimum absolute atomic E-state index is 0.205. The van der Waals surface area contributed by atoms with Gasteiger partial charge in [-0.2, -0.15) is 0 Å². The van der Waals surface area contributed by atoms with Gasteiger partial charge in [0.2, 0.25) is 0 Å². The molecule has 126 valence electrons. The van der Waals surface area contributed by atoms with E-state index < -0.39 is 5.97 Å². The number of carboxylic acid groups (broad SMARTS) is 1. The van der Waals surface area contributed by atoms with Gasteiger partial charge in [0.15, 0.2) is 0 Å². The predicted molar refractivity (Wildman–Crippen MR) is 93.2 cm³/mol. The molecule has 0 saturated carbocycles. The lowest BCUT2D eigenvalue weighted by Crippen LogP contribution is -2.42. The van der Waals surface area contributed by atoms with E-state index in [1.54, 1.807) is 12.1 Å². The number of hydrogen-bond donors (Lipinski definition) is 1. The molecule has 1 heterocycles. The number of ether oxygens (including phenoxy) is 1. The monoisotopic (exact) mass is 325 g/mol. The number of rotatable bonds is 6. The first-order chi connectivity index (χ1) is 11.7. The molecule has 1 aliphatic rings. The Morgan fingerprint density at radius 1 is 1.12 bits per heavy atom. The Hall–Kier alpha value is -2.17. The van der Waals surface area contributed by atoms with Crippen LogP contribution in [0.5, 0.6) is 0 Å². The summed E-state index contributed by atoms with van der Waals surface area (Å²) in [6.45, 7) is 3.05. The molecule has 0 radical (unpaired) electrons. The normalized spacial score (nSPS) is 18.4. The van der Waals surface area contributed by atoms with E-state index in [1.165, 1.54) is 5.56 Å². The van der Waals surface area contributed by atoms with E-state index in [0.29, 0.717) is 18.7 Å². The lowest BCUT2D eigenvalue weighted by atomic mass is 10.0. The SMILES string of the molecule is O=C(O)c1ccccc1CN1CCOC(CCc2ccccc2)C1. The smallest absolute Gasteiger partial charge is 0.336 e. The van der Waals surface area contributed by atoms with Crippen LogP contribution in [0.4, 0.5) is 0 Å². The molecule has 1 saturated heterocycles. The van der Waals surface area contributed by atoms with E-state index in [0.717, 1.165) is 31.5 Å². The van der Waals surface area contributed by atoms with E-state index in [9.17, 15) is 9.90 Å². The van der Waals surface area contributed by atoms with Crippen molar-refractivity contribution < 1.29 is 14.6 Å². The first-order valence-electron chi connectivity index (χ1n) is 8.41. The van der Waals surface area contributed by atoms with Crippen LogP contribution < -0.4 is 0 Å². The number of carbonyl (C=O) groups is 1. The van der Waals surface area contributed by atoms with Crippen molar-refractivity contribution in [2.75, 3.05) is 19.7 Å². The highest BCUT2D eigenvalue weighted by molar-refractivity contribution is 5.89. The van der Waals surface area contributed by atoms with Crippen LogP contribution in [0.15, 0.2) is 54.6 Å². The summed E-state index contributed by atoms with van der Waals surface area (Å²) >= 11 is 0. The maximum atomic E-state index is 11.3. The third-order valence-electron chi connectivity index (χ3n) is 4.46. The molecule has 4 nitrogen and oxygen atoms in total. The van der Waals surface area contributed by atoms with Crippen LogP contribution in [0, 0.1) is 0 Å². The number of aromatic carboxylic acids is 1. The Labute approximate surface area is 142 Å². The molecule has 0 bridgehead atoms. The molecule has 1 atom stereocenters. The average molecular weight is 325 g/mol. The van der Waals surface area contributed by atoms with Gasteiger partial charge in [-0.25, -0.2) is 4.79 Å². The van der Waals surface area contributed by atoms with Crippen molar-refractivity contribution in [2.24, 2.45) is 0 Å². The lowest BCUT2D eigenvalue weighted by Gasteiger charge is -2.33. The molecule has 0 aromatic heterocycles. The van der Waals surface area contributed by atoms with Gasteiger partial charge in [0.25, 0.3) is 0 Å². The highest BCUT2D eigenvalue weighted by Crippen LogP contribution is 2.17. The summed E-state index contributed by atoms with van der Waals surface area (Å²) in [5, 5.41) is 9.31. The first kappa shape index (κ1) is 16.7. The van der Waals surface area contributed by atoms with Gasteiger partial charge in [0, 0.05) is 19.6 Å². The van der Waals surface area contributed by atoms with Gasteiger partial charge < -0.3 is 9.84 Å². The summed E-state index contributed by atoms with van der Waals surface area (Å²) in [6.07, 6.45) is 2.20. The Bertz CT molecular complexity index is 672. The first-order valence-corrected chi connectivity index (χ1v) is 8.41. The van der Waals surface area contributed by atoms with Gasteiger partial charge in [-0.05, 0) is 30.0 Å². The van der Waals surface area contributed by atoms with Gasteiger partial charge in [0.1, 0.15) is 0 Å². The van der Waals surface area contributed by atoms with E-state index in [-0.39, 0.29) is 6.10 Å². The van der Waals surface area contributed by atoms with Crippen LogP contribution in [-0.2, 0) is 17.7 Å². The van der Waals surface area contributed by atoms with Crippen molar-refractivity contribution in [1.29, 1.82) is 0 Å². The number of aryl methyl sites for hydroxylation is 1. The maximum absolute atomic E-state index is 11.3. The molecule has 1 N–H and O–H groups in total. The quantitative estimate of drug-likeness (QED) is 0.886. The van der Waals surface area contributed by atoms with Gasteiger partial charge in [0.05, 0.1) is 18.3 Å². The molecule has 1 fully saturated rings. The molecular weight excluding hydrogens is 302 g/mol. The van der Waals surface area contributed by atoms with Crippen LogP contribution in [0.25, 0.3) is 0 Å². The summed E-state index contributed by atoms with van der Waals surface area (Å²) in [5.74, 6) is -0.862. The van der Waals surface area contributed by atoms with Crippen LogP contribution >= 0.6 is 0 Å². The fraction of sp³-hybridized carbons (Fsp3) is 0.350. The third kappa shape index (κ3) is 4.43.